The van der Waals surface area contributed by atoms with E-state index in [-0.39, 0.29) is 11.1 Å². The lowest BCUT2D eigenvalue weighted by Gasteiger charge is -2.35. The molecule has 4 N–H and O–H groups in total. The van der Waals surface area contributed by atoms with Crippen LogP contribution in [0.5, 0.6) is 0 Å². The molecule has 9 nitrogen and oxygen atoms in total. The Bertz CT molecular complexity index is 1670. The Hall–Kier alpha value is -4.14. The smallest absolute Gasteiger partial charge is 0.141 e. The van der Waals surface area contributed by atoms with Crippen LogP contribution in [0.4, 0.5) is 21.5 Å². The highest BCUT2D eigenvalue weighted by Crippen LogP contribution is 2.36. The standard InChI is InChI=1S/C32H34Cl2FN9/c1-4-6-20(17-37-3)31(29-19-44(42-41-29)24-9-11-43(5-2)12-10-24)40-23-13-25-30(39-22-7-8-28(35)26(33)14-22)21(16-36)18-38-32(25)27(34)15-23/h4,6-8,13-15,17-19,24,31,40-42H,3,5,9-12H2,1-2H3,(H,38,39)/b6-4-,20-17+/t31-/m0/s1. The molecule has 5 rings (SSSR count). The zero-order valence-electron chi connectivity index (χ0n) is 24.5. The van der Waals surface area contributed by atoms with Crippen molar-refractivity contribution in [2.24, 2.45) is 4.99 Å². The molecule has 1 saturated heterocycles. The predicted molar refractivity (Wildman–Crippen MR) is 177 cm³/mol. The van der Waals surface area contributed by atoms with Crippen LogP contribution in [0.15, 0.2) is 77.3 Å². The van der Waals surface area contributed by atoms with Gasteiger partial charge >= 0.3 is 0 Å². The quantitative estimate of drug-likeness (QED) is 0.141. The Morgan fingerprint density at radius 1 is 1.25 bits per heavy atom. The summed E-state index contributed by atoms with van der Waals surface area (Å²) in [7, 11) is 0. The van der Waals surface area contributed by atoms with E-state index in [0.717, 1.165) is 43.7 Å². The van der Waals surface area contributed by atoms with Crippen LogP contribution in [0.3, 0.4) is 0 Å². The van der Waals surface area contributed by atoms with Crippen LogP contribution in [0.1, 0.15) is 32.3 Å². The summed E-state index contributed by atoms with van der Waals surface area (Å²) in [5, 5.41) is 19.8. The number of allylic oxidation sites excluding steroid dienone is 1. The summed E-state index contributed by atoms with van der Waals surface area (Å²) in [5.74, 6) is -0.536. The third-order valence-corrected chi connectivity index (χ3v) is 8.37. The second-order valence-corrected chi connectivity index (χ2v) is 11.4. The van der Waals surface area contributed by atoms with Crippen molar-refractivity contribution >= 4 is 57.9 Å². The summed E-state index contributed by atoms with van der Waals surface area (Å²) in [4.78, 5) is 11.0. The van der Waals surface area contributed by atoms with Gasteiger partial charge < -0.3 is 21.0 Å². The van der Waals surface area contributed by atoms with Gasteiger partial charge in [0.25, 0.3) is 0 Å². The van der Waals surface area contributed by atoms with E-state index in [1.807, 2.05) is 25.1 Å². The summed E-state index contributed by atoms with van der Waals surface area (Å²) in [6, 6.07) is 10.1. The number of hydrazine groups is 2. The van der Waals surface area contributed by atoms with E-state index in [1.54, 1.807) is 18.3 Å². The van der Waals surface area contributed by atoms with E-state index < -0.39 is 5.82 Å². The number of nitrogens with zero attached hydrogens (tertiary/aromatic N) is 5. The molecular formula is C32H34Cl2FN9. The van der Waals surface area contributed by atoms with Gasteiger partial charge in [-0.05, 0) is 68.9 Å². The van der Waals surface area contributed by atoms with Gasteiger partial charge in [0.15, 0.2) is 0 Å². The van der Waals surface area contributed by atoms with Crippen molar-refractivity contribution in [3.8, 4) is 6.07 Å². The summed E-state index contributed by atoms with van der Waals surface area (Å²) >= 11 is 12.8. The van der Waals surface area contributed by atoms with Crippen molar-refractivity contribution < 1.29 is 4.39 Å². The number of benzene rings is 2. The molecule has 3 aromatic rings. The minimum absolute atomic E-state index is 0.0369. The number of nitriles is 1. The summed E-state index contributed by atoms with van der Waals surface area (Å²) in [6.45, 7) is 11.0. The average Bonchev–Trinajstić information content (AvgIpc) is 3.52. The lowest BCUT2D eigenvalue weighted by molar-refractivity contribution is 0.112. The topological polar surface area (TPSA) is 104 Å². The van der Waals surface area contributed by atoms with E-state index in [0.29, 0.717) is 44.6 Å². The van der Waals surface area contributed by atoms with Crippen molar-refractivity contribution in [2.45, 2.75) is 38.8 Å². The normalized spacial score (nSPS) is 17.0. The Kier molecular flexibility index (Phi) is 10.0. The van der Waals surface area contributed by atoms with Gasteiger partial charge in [0.05, 0.1) is 38.6 Å². The van der Waals surface area contributed by atoms with Crippen LogP contribution in [-0.4, -0.2) is 53.3 Å². The maximum Gasteiger partial charge on any atom is 0.141 e. The molecule has 0 unspecified atom stereocenters. The molecule has 2 aliphatic heterocycles. The number of rotatable bonds is 10. The number of pyridine rings is 1. The number of aliphatic imine (C=N–C) groups is 1. The fraction of sp³-hybridized carbons (Fsp3) is 0.281. The molecule has 0 radical (unpaired) electrons. The van der Waals surface area contributed by atoms with Crippen molar-refractivity contribution in [1.29, 1.82) is 5.26 Å². The number of likely N-dealkylation sites (tertiary alicyclic amines) is 1. The second kappa shape index (κ2) is 14.1. The number of nitrogens with one attached hydrogen (secondary N) is 4. The SMILES string of the molecule is C=N/C=C(\C=C/C)[C@H](Nc1cc(Cl)c2ncc(C#N)c(Nc3ccc(F)c(Cl)c3)c2c1)C1=CN(C2CCN(CC)CC2)NN1. The first-order valence-corrected chi connectivity index (χ1v) is 15.1. The van der Waals surface area contributed by atoms with Gasteiger partial charge in [-0.1, -0.05) is 42.3 Å². The van der Waals surface area contributed by atoms with E-state index in [4.69, 9.17) is 23.2 Å². The minimum atomic E-state index is -0.536. The maximum absolute atomic E-state index is 13.8. The van der Waals surface area contributed by atoms with Crippen molar-refractivity contribution in [2.75, 3.05) is 30.3 Å². The molecule has 12 heteroatoms. The highest BCUT2D eigenvalue weighted by atomic mass is 35.5. The highest BCUT2D eigenvalue weighted by Gasteiger charge is 2.29. The predicted octanol–water partition coefficient (Wildman–Crippen LogP) is 6.89. The van der Waals surface area contributed by atoms with Crippen LogP contribution in [0.2, 0.25) is 10.0 Å². The molecule has 0 bridgehead atoms. The third-order valence-electron chi connectivity index (χ3n) is 7.79. The molecule has 228 valence electrons. The van der Waals surface area contributed by atoms with Crippen LogP contribution >= 0.6 is 23.2 Å². The molecule has 1 atom stereocenters. The zero-order valence-corrected chi connectivity index (χ0v) is 26.1. The lowest BCUT2D eigenvalue weighted by atomic mass is 10.0. The monoisotopic (exact) mass is 633 g/mol. The number of fused-ring (bicyclic) bond motifs is 1. The van der Waals surface area contributed by atoms with Crippen molar-refractivity contribution in [3.63, 3.8) is 0 Å². The first kappa shape index (κ1) is 31.3. The summed E-state index contributed by atoms with van der Waals surface area (Å²) in [5.41, 5.74) is 10.9. The van der Waals surface area contributed by atoms with Crippen LogP contribution in [0.25, 0.3) is 10.9 Å². The van der Waals surface area contributed by atoms with Crippen LogP contribution < -0.4 is 21.6 Å². The average molecular weight is 635 g/mol. The number of hydrogen-bond donors (Lipinski definition) is 4. The summed E-state index contributed by atoms with van der Waals surface area (Å²) in [6.07, 6.45) is 11.3. The molecule has 0 aliphatic carbocycles. The van der Waals surface area contributed by atoms with Crippen LogP contribution in [-0.2, 0) is 0 Å². The molecule has 2 aromatic carbocycles. The Balaban J connectivity index is 1.53. The largest absolute Gasteiger partial charge is 0.373 e. The Morgan fingerprint density at radius 3 is 2.70 bits per heavy atom. The van der Waals surface area contributed by atoms with Crippen molar-refractivity contribution in [3.05, 3.63) is 93.8 Å². The molecule has 0 saturated carbocycles. The molecular weight excluding hydrogens is 600 g/mol. The highest BCUT2D eigenvalue weighted by molar-refractivity contribution is 6.36. The lowest BCUT2D eigenvalue weighted by Crippen LogP contribution is -2.48. The number of aromatic nitrogens is 1. The fourth-order valence-electron chi connectivity index (χ4n) is 5.50. The van der Waals surface area contributed by atoms with Gasteiger partial charge in [0.1, 0.15) is 11.9 Å². The van der Waals surface area contributed by atoms with Gasteiger partial charge in [-0.2, -0.15) is 5.26 Å². The third kappa shape index (κ3) is 6.82. The first-order valence-electron chi connectivity index (χ1n) is 14.4. The second-order valence-electron chi connectivity index (χ2n) is 10.5. The van der Waals surface area contributed by atoms with Crippen LogP contribution in [0, 0.1) is 17.1 Å². The maximum atomic E-state index is 13.8. The number of piperidine rings is 1. The Morgan fingerprint density at radius 2 is 2.02 bits per heavy atom. The van der Waals surface area contributed by atoms with E-state index in [1.165, 1.54) is 18.3 Å². The minimum Gasteiger partial charge on any atom is -0.373 e. The van der Waals surface area contributed by atoms with E-state index in [9.17, 15) is 9.65 Å². The molecule has 3 heterocycles. The summed E-state index contributed by atoms with van der Waals surface area (Å²) < 4.78 is 13.8. The van der Waals surface area contributed by atoms with Gasteiger partial charge in [-0.25, -0.2) is 4.39 Å². The number of halogens is 3. The number of anilines is 3. The molecule has 2 aliphatic rings. The first-order chi connectivity index (χ1) is 21.3. The van der Waals surface area contributed by atoms with E-state index in [2.05, 4.69) is 67.4 Å². The number of hydrogen-bond acceptors (Lipinski definition) is 9. The molecule has 44 heavy (non-hydrogen) atoms. The molecule has 0 spiro atoms. The fourth-order valence-corrected chi connectivity index (χ4v) is 5.95. The molecule has 0 amide bonds. The van der Waals surface area contributed by atoms with Gasteiger partial charge in [-0.3, -0.25) is 15.0 Å². The van der Waals surface area contributed by atoms with Gasteiger partial charge in [-0.15, -0.1) is 5.53 Å². The van der Waals surface area contributed by atoms with Gasteiger partial charge in [0, 0.05) is 54.5 Å². The van der Waals surface area contributed by atoms with Crippen molar-refractivity contribution in [1.82, 2.24) is 25.9 Å². The Labute approximate surface area is 266 Å². The zero-order chi connectivity index (χ0) is 31.2. The van der Waals surface area contributed by atoms with E-state index >= 15 is 0 Å². The molecule has 1 fully saturated rings. The van der Waals surface area contributed by atoms with Gasteiger partial charge in [0.2, 0.25) is 0 Å². The molecule has 1 aromatic heterocycles.